The first kappa shape index (κ1) is 52.9. The zero-order valence-corrected chi connectivity index (χ0v) is 38.0. The van der Waals surface area contributed by atoms with E-state index < -0.39 is 35.0 Å². The molecule has 0 saturated heterocycles. The zero-order chi connectivity index (χ0) is 41.8. The molecule has 12 nitrogen and oxygen atoms in total. The summed E-state index contributed by atoms with van der Waals surface area (Å²) in [5.74, 6) is 1.71. The van der Waals surface area contributed by atoms with Gasteiger partial charge in [0.2, 0.25) is 0 Å². The van der Waals surface area contributed by atoms with Crippen molar-refractivity contribution >= 4 is 53.2 Å². The summed E-state index contributed by atoms with van der Waals surface area (Å²) in [5, 5.41) is 0. The number of hydrogen-bond donors (Lipinski definition) is 0. The molecule has 0 aliphatic rings. The summed E-state index contributed by atoms with van der Waals surface area (Å²) in [6.45, 7) is 5.08. The Kier molecular flexibility index (Phi) is 34.2. The summed E-state index contributed by atoms with van der Waals surface area (Å²) in [6.07, 6.45) is 25.0. The van der Waals surface area contributed by atoms with Crippen molar-refractivity contribution < 1.29 is 28.6 Å². The van der Waals surface area contributed by atoms with Crippen molar-refractivity contribution in [3.8, 4) is 0 Å². The fraction of sp³-hybridized carbons (Fsp3) is 0.857. The van der Waals surface area contributed by atoms with Gasteiger partial charge in [-0.3, -0.25) is 14.4 Å². The third kappa shape index (κ3) is 27.3. The zero-order valence-electron chi connectivity index (χ0n) is 35.6. The molecule has 1 heterocycles. The van der Waals surface area contributed by atoms with E-state index in [1.165, 1.54) is 132 Å². The fourth-order valence-electron chi connectivity index (χ4n) is 6.08. The predicted octanol–water partition coefficient (Wildman–Crippen LogP) is 8.25. The molecule has 0 radical (unpaired) electrons. The van der Waals surface area contributed by atoms with E-state index >= 15 is 0 Å². The standard InChI is InChI=1S/C42H75N3O9S3/c1-4-7-10-13-16-19-22-31-55-34-37(46)52-28-25-43-40(49)44(26-29-53-38(47)35-56-32-23-20-17-14-11-8-5-2)42(51)45(41(43)50)27-30-54-39(48)36-57-33-24-21-18-15-12-9-6-3/h4-36H2,1-3H3. The van der Waals surface area contributed by atoms with Crippen molar-refractivity contribution in [1.29, 1.82) is 0 Å². The van der Waals surface area contributed by atoms with Crippen LogP contribution in [0.1, 0.15) is 156 Å². The van der Waals surface area contributed by atoms with E-state index in [2.05, 4.69) is 20.8 Å². The number of aromatic nitrogens is 3. The van der Waals surface area contributed by atoms with Gasteiger partial charge in [0.15, 0.2) is 0 Å². The monoisotopic (exact) mass is 861 g/mol. The molecule has 57 heavy (non-hydrogen) atoms. The summed E-state index contributed by atoms with van der Waals surface area (Å²) in [4.78, 5) is 77.4. The Bertz CT molecular complexity index is 1190. The number of thioether (sulfide) groups is 3. The number of esters is 3. The van der Waals surface area contributed by atoms with Crippen LogP contribution >= 0.6 is 35.3 Å². The molecule has 0 amide bonds. The lowest BCUT2D eigenvalue weighted by molar-refractivity contribution is -0.141. The van der Waals surface area contributed by atoms with Crippen LogP contribution in [-0.4, -0.2) is 85.9 Å². The molecule has 0 spiro atoms. The molecule has 0 aliphatic heterocycles. The fourth-order valence-corrected chi connectivity index (χ4v) is 8.49. The lowest BCUT2D eigenvalue weighted by Gasteiger charge is -2.14. The van der Waals surface area contributed by atoms with Gasteiger partial charge >= 0.3 is 35.0 Å². The average Bonchev–Trinajstić information content (AvgIpc) is 3.19. The highest BCUT2D eigenvalue weighted by atomic mass is 32.2. The molecule has 0 unspecified atom stereocenters. The molecule has 0 fully saturated rings. The number of nitrogens with zero attached hydrogens (tertiary/aromatic N) is 3. The van der Waals surface area contributed by atoms with Crippen molar-refractivity contribution in [3.05, 3.63) is 31.5 Å². The van der Waals surface area contributed by atoms with Crippen molar-refractivity contribution in [2.45, 2.75) is 175 Å². The van der Waals surface area contributed by atoms with Crippen LogP contribution in [0.25, 0.3) is 0 Å². The molecule has 1 aromatic rings. The van der Waals surface area contributed by atoms with Gasteiger partial charge in [0.1, 0.15) is 19.8 Å². The quantitative estimate of drug-likeness (QED) is 0.0357. The van der Waals surface area contributed by atoms with Gasteiger partial charge in [-0.05, 0) is 36.5 Å². The first-order valence-corrected chi connectivity index (χ1v) is 25.4. The Morgan fingerprint density at radius 3 is 0.860 bits per heavy atom. The molecule has 330 valence electrons. The second kappa shape index (κ2) is 36.9. The number of hydrogen-bond acceptors (Lipinski definition) is 12. The highest BCUT2D eigenvalue weighted by Gasteiger charge is 2.17. The van der Waals surface area contributed by atoms with Crippen molar-refractivity contribution in [1.82, 2.24) is 13.7 Å². The average molecular weight is 862 g/mol. The maximum atomic E-state index is 13.4. The van der Waals surface area contributed by atoms with Crippen LogP contribution < -0.4 is 17.1 Å². The molecule has 0 atom stereocenters. The molecule has 0 aromatic carbocycles. The minimum atomic E-state index is -0.895. The van der Waals surface area contributed by atoms with Gasteiger partial charge in [-0.25, -0.2) is 28.1 Å². The van der Waals surface area contributed by atoms with Crippen LogP contribution in [0.5, 0.6) is 0 Å². The smallest absolute Gasteiger partial charge is 0.336 e. The third-order valence-electron chi connectivity index (χ3n) is 9.46. The SMILES string of the molecule is CCCCCCCCCSCC(=O)OCCn1c(=O)n(CCOC(=O)CSCCCCCCCCC)c(=O)n(CCOC(=O)CSCCCCCCCCC)c1=O. The summed E-state index contributed by atoms with van der Waals surface area (Å²) < 4.78 is 18.5. The van der Waals surface area contributed by atoms with Crippen molar-refractivity contribution in [3.63, 3.8) is 0 Å². The first-order chi connectivity index (χ1) is 27.8. The summed E-state index contributed by atoms with van der Waals surface area (Å²) in [6, 6.07) is 0. The molecule has 0 bridgehead atoms. The van der Waals surface area contributed by atoms with E-state index in [0.29, 0.717) is 0 Å². The van der Waals surface area contributed by atoms with Gasteiger partial charge in [0, 0.05) is 0 Å². The lowest BCUT2D eigenvalue weighted by atomic mass is 10.1. The highest BCUT2D eigenvalue weighted by molar-refractivity contribution is 8.00. The Morgan fingerprint density at radius 1 is 0.386 bits per heavy atom. The number of carbonyl (C=O) groups is 3. The predicted molar refractivity (Wildman–Crippen MR) is 238 cm³/mol. The molecule has 1 aromatic heterocycles. The van der Waals surface area contributed by atoms with Crippen LogP contribution in [0.3, 0.4) is 0 Å². The van der Waals surface area contributed by atoms with E-state index in [9.17, 15) is 28.8 Å². The largest absolute Gasteiger partial charge is 0.463 e. The second-order valence-corrected chi connectivity index (χ2v) is 17.8. The van der Waals surface area contributed by atoms with Crippen LogP contribution in [0, 0.1) is 0 Å². The Labute approximate surface area is 355 Å². The summed E-state index contributed by atoms with van der Waals surface area (Å²) in [5.41, 5.74) is -2.68. The van der Waals surface area contributed by atoms with Gasteiger partial charge in [-0.1, -0.05) is 136 Å². The van der Waals surface area contributed by atoms with Crippen LogP contribution in [0.2, 0.25) is 0 Å². The van der Waals surface area contributed by atoms with Gasteiger partial charge in [-0.15, -0.1) is 0 Å². The number of carbonyl (C=O) groups excluding carboxylic acids is 3. The molecule has 0 saturated carbocycles. The number of unbranched alkanes of at least 4 members (excludes halogenated alkanes) is 18. The summed E-state index contributed by atoms with van der Waals surface area (Å²) in [7, 11) is 0. The van der Waals surface area contributed by atoms with E-state index in [4.69, 9.17) is 14.2 Å². The van der Waals surface area contributed by atoms with E-state index in [1.54, 1.807) is 0 Å². The molecular formula is C42H75N3O9S3. The topological polar surface area (TPSA) is 145 Å². The molecule has 1 rings (SSSR count). The highest BCUT2D eigenvalue weighted by Crippen LogP contribution is 2.13. The number of rotatable bonds is 39. The molecule has 0 aliphatic carbocycles. The lowest BCUT2D eigenvalue weighted by Crippen LogP contribution is -2.55. The van der Waals surface area contributed by atoms with E-state index in [0.717, 1.165) is 69.5 Å². The van der Waals surface area contributed by atoms with Crippen molar-refractivity contribution in [2.75, 3.05) is 54.3 Å². The first-order valence-electron chi connectivity index (χ1n) is 21.9. The summed E-state index contributed by atoms with van der Waals surface area (Å²) >= 11 is 4.48. The molecular weight excluding hydrogens is 787 g/mol. The van der Waals surface area contributed by atoms with Crippen LogP contribution in [0.15, 0.2) is 14.4 Å². The maximum Gasteiger partial charge on any atom is 0.336 e. The van der Waals surface area contributed by atoms with E-state index in [-0.39, 0.29) is 56.7 Å². The van der Waals surface area contributed by atoms with Gasteiger partial charge < -0.3 is 14.2 Å². The van der Waals surface area contributed by atoms with Crippen LogP contribution in [0.4, 0.5) is 0 Å². The minimum absolute atomic E-state index is 0.167. The minimum Gasteiger partial charge on any atom is -0.463 e. The maximum absolute atomic E-state index is 13.4. The molecule has 0 N–H and O–H groups in total. The second-order valence-electron chi connectivity index (χ2n) is 14.5. The van der Waals surface area contributed by atoms with Gasteiger partial charge in [-0.2, -0.15) is 35.3 Å². The van der Waals surface area contributed by atoms with Crippen molar-refractivity contribution in [2.24, 2.45) is 0 Å². The van der Waals surface area contributed by atoms with Gasteiger partial charge in [0.05, 0.1) is 36.9 Å². The Morgan fingerprint density at radius 2 is 0.614 bits per heavy atom. The Balaban J connectivity index is 2.73. The van der Waals surface area contributed by atoms with Gasteiger partial charge in [0.25, 0.3) is 0 Å². The Hall–Kier alpha value is -2.13. The van der Waals surface area contributed by atoms with Crippen LogP contribution in [-0.2, 0) is 48.2 Å². The third-order valence-corrected chi connectivity index (χ3v) is 12.5. The number of ether oxygens (including phenoxy) is 3. The molecule has 15 heteroatoms. The normalized spacial score (nSPS) is 11.2. The van der Waals surface area contributed by atoms with E-state index in [1.807, 2.05) is 0 Å².